The Morgan fingerprint density at radius 3 is 2.44 bits per heavy atom. The fourth-order valence-corrected chi connectivity index (χ4v) is 3.27. The summed E-state index contributed by atoms with van der Waals surface area (Å²) in [5.74, 6) is 0. The van der Waals surface area contributed by atoms with Gasteiger partial charge in [0.1, 0.15) is 0 Å². The Kier molecular flexibility index (Phi) is 4.30. The summed E-state index contributed by atoms with van der Waals surface area (Å²) in [7, 11) is 3.64. The predicted molar refractivity (Wildman–Crippen MR) is 72.6 cm³/mol. The van der Waals surface area contributed by atoms with E-state index in [1.807, 2.05) is 7.05 Å². The Hall–Kier alpha value is -0.580. The van der Waals surface area contributed by atoms with Gasteiger partial charge in [-0.15, -0.1) is 0 Å². The maximum absolute atomic E-state index is 6.46. The fourth-order valence-electron chi connectivity index (χ4n) is 2.99. The molecule has 4 nitrogen and oxygen atoms in total. The molecule has 2 N–H and O–H groups in total. The summed E-state index contributed by atoms with van der Waals surface area (Å²) in [5, 5.41) is 4.80. The standard InChI is InChI=1S/C13H22ClN3O/c1-17-11(10(14)9-16-17)12(15)13(18-2)7-5-3-4-6-8-13/h9,12H,3-8,15H2,1-2H3. The molecule has 1 aliphatic rings. The van der Waals surface area contributed by atoms with Crippen molar-refractivity contribution in [2.24, 2.45) is 12.8 Å². The van der Waals surface area contributed by atoms with E-state index in [4.69, 9.17) is 22.1 Å². The number of aromatic nitrogens is 2. The second-order valence-corrected chi connectivity index (χ2v) is 5.57. The van der Waals surface area contributed by atoms with E-state index in [-0.39, 0.29) is 11.6 Å². The molecule has 1 unspecified atom stereocenters. The molecular weight excluding hydrogens is 250 g/mol. The average Bonchev–Trinajstić information content (AvgIpc) is 2.59. The second-order valence-electron chi connectivity index (χ2n) is 5.16. The molecule has 1 aromatic heterocycles. The van der Waals surface area contributed by atoms with Gasteiger partial charge in [-0.25, -0.2) is 0 Å². The Balaban J connectivity index is 2.31. The van der Waals surface area contributed by atoms with E-state index < -0.39 is 0 Å². The van der Waals surface area contributed by atoms with Crippen molar-refractivity contribution in [2.45, 2.75) is 50.2 Å². The van der Waals surface area contributed by atoms with E-state index in [1.54, 1.807) is 18.0 Å². The van der Waals surface area contributed by atoms with Crippen LogP contribution in [0.1, 0.15) is 50.3 Å². The minimum Gasteiger partial charge on any atom is -0.376 e. The van der Waals surface area contributed by atoms with Gasteiger partial charge < -0.3 is 10.5 Å². The molecule has 0 bridgehead atoms. The molecule has 1 aromatic rings. The smallest absolute Gasteiger partial charge is 0.0886 e. The molecule has 0 spiro atoms. The molecule has 0 amide bonds. The molecule has 5 heteroatoms. The third kappa shape index (κ3) is 2.42. The summed E-state index contributed by atoms with van der Waals surface area (Å²) in [6.45, 7) is 0. The number of aryl methyl sites for hydroxylation is 1. The molecule has 1 atom stereocenters. The van der Waals surface area contributed by atoms with E-state index in [9.17, 15) is 0 Å². The number of ether oxygens (including phenoxy) is 1. The van der Waals surface area contributed by atoms with Crippen molar-refractivity contribution in [3.05, 3.63) is 16.9 Å². The minimum atomic E-state index is -0.298. The molecule has 1 saturated carbocycles. The van der Waals surface area contributed by atoms with Crippen LogP contribution >= 0.6 is 11.6 Å². The van der Waals surface area contributed by atoms with E-state index >= 15 is 0 Å². The van der Waals surface area contributed by atoms with E-state index in [0.717, 1.165) is 31.4 Å². The van der Waals surface area contributed by atoms with Crippen molar-refractivity contribution in [3.8, 4) is 0 Å². The van der Waals surface area contributed by atoms with Gasteiger partial charge in [0.25, 0.3) is 0 Å². The predicted octanol–water partition coefficient (Wildman–Crippen LogP) is 2.81. The topological polar surface area (TPSA) is 53.1 Å². The molecule has 2 rings (SSSR count). The van der Waals surface area contributed by atoms with Crippen LogP contribution in [0, 0.1) is 0 Å². The summed E-state index contributed by atoms with van der Waals surface area (Å²) in [6, 6.07) is -0.222. The van der Waals surface area contributed by atoms with Gasteiger partial charge in [0.2, 0.25) is 0 Å². The number of hydrogen-bond acceptors (Lipinski definition) is 3. The van der Waals surface area contributed by atoms with Gasteiger partial charge in [-0.3, -0.25) is 4.68 Å². The maximum atomic E-state index is 6.46. The lowest BCUT2D eigenvalue weighted by Gasteiger charge is -2.37. The summed E-state index contributed by atoms with van der Waals surface area (Å²) < 4.78 is 7.59. The van der Waals surface area contributed by atoms with Gasteiger partial charge in [-0.2, -0.15) is 5.10 Å². The van der Waals surface area contributed by atoms with Crippen molar-refractivity contribution < 1.29 is 4.74 Å². The van der Waals surface area contributed by atoms with Crippen LogP contribution < -0.4 is 5.73 Å². The first kappa shape index (κ1) is 13.8. The number of nitrogens with two attached hydrogens (primary N) is 1. The minimum absolute atomic E-state index is 0.222. The highest BCUT2D eigenvalue weighted by molar-refractivity contribution is 6.31. The van der Waals surface area contributed by atoms with Crippen LogP contribution in [0.15, 0.2) is 6.20 Å². The highest BCUT2D eigenvalue weighted by Crippen LogP contribution is 2.40. The van der Waals surface area contributed by atoms with Gasteiger partial charge >= 0.3 is 0 Å². The lowest BCUT2D eigenvalue weighted by molar-refractivity contribution is -0.0459. The Labute approximate surface area is 113 Å². The van der Waals surface area contributed by atoms with Crippen molar-refractivity contribution in [3.63, 3.8) is 0 Å². The van der Waals surface area contributed by atoms with Crippen LogP contribution in [-0.4, -0.2) is 22.5 Å². The van der Waals surface area contributed by atoms with E-state index in [2.05, 4.69) is 5.10 Å². The Morgan fingerprint density at radius 2 is 2.00 bits per heavy atom. The summed E-state index contributed by atoms with van der Waals surface area (Å²) >= 11 is 6.20. The van der Waals surface area contributed by atoms with Crippen molar-refractivity contribution in [2.75, 3.05) is 7.11 Å². The van der Waals surface area contributed by atoms with Gasteiger partial charge in [-0.05, 0) is 12.8 Å². The third-order valence-corrected chi connectivity index (χ3v) is 4.45. The molecule has 0 aromatic carbocycles. The molecule has 1 aliphatic carbocycles. The van der Waals surface area contributed by atoms with E-state index in [1.165, 1.54) is 12.8 Å². The van der Waals surface area contributed by atoms with Crippen molar-refractivity contribution >= 4 is 11.6 Å². The highest BCUT2D eigenvalue weighted by Gasteiger charge is 2.40. The maximum Gasteiger partial charge on any atom is 0.0886 e. The number of hydrogen-bond donors (Lipinski definition) is 1. The van der Waals surface area contributed by atoms with Crippen molar-refractivity contribution in [1.29, 1.82) is 0 Å². The monoisotopic (exact) mass is 271 g/mol. The summed E-state index contributed by atoms with van der Waals surface area (Å²) in [5.41, 5.74) is 7.04. The number of halogens is 1. The van der Waals surface area contributed by atoms with Crippen LogP contribution in [0.4, 0.5) is 0 Å². The molecule has 18 heavy (non-hydrogen) atoms. The van der Waals surface area contributed by atoms with Gasteiger partial charge in [0, 0.05) is 14.2 Å². The Morgan fingerprint density at radius 1 is 1.39 bits per heavy atom. The van der Waals surface area contributed by atoms with Gasteiger partial charge in [-0.1, -0.05) is 37.3 Å². The number of nitrogens with zero attached hydrogens (tertiary/aromatic N) is 2. The first-order chi connectivity index (χ1) is 8.60. The summed E-state index contributed by atoms with van der Waals surface area (Å²) in [4.78, 5) is 0. The van der Waals surface area contributed by atoms with E-state index in [0.29, 0.717) is 5.02 Å². The normalized spacial score (nSPS) is 21.6. The molecule has 1 heterocycles. The molecule has 0 saturated heterocycles. The molecule has 0 radical (unpaired) electrons. The van der Waals surface area contributed by atoms with Crippen LogP contribution in [0.3, 0.4) is 0 Å². The van der Waals surface area contributed by atoms with Gasteiger partial charge in [0.05, 0.1) is 28.6 Å². The van der Waals surface area contributed by atoms with Crippen molar-refractivity contribution in [1.82, 2.24) is 9.78 Å². The van der Waals surface area contributed by atoms with Crippen LogP contribution in [0.2, 0.25) is 5.02 Å². The van der Waals surface area contributed by atoms with Crippen LogP contribution in [-0.2, 0) is 11.8 Å². The molecule has 1 fully saturated rings. The quantitative estimate of drug-likeness (QED) is 0.860. The van der Waals surface area contributed by atoms with Crippen LogP contribution in [0.5, 0.6) is 0 Å². The molecule has 0 aliphatic heterocycles. The second kappa shape index (κ2) is 5.59. The highest BCUT2D eigenvalue weighted by atomic mass is 35.5. The molecular formula is C13H22ClN3O. The SMILES string of the molecule is COC1(C(N)c2c(Cl)cnn2C)CCCCCC1. The first-order valence-electron chi connectivity index (χ1n) is 6.59. The number of methoxy groups -OCH3 is 1. The zero-order valence-electron chi connectivity index (χ0n) is 11.2. The average molecular weight is 272 g/mol. The first-order valence-corrected chi connectivity index (χ1v) is 6.96. The van der Waals surface area contributed by atoms with Crippen LogP contribution in [0.25, 0.3) is 0 Å². The zero-order chi connectivity index (χ0) is 13.2. The van der Waals surface area contributed by atoms with Gasteiger partial charge in [0.15, 0.2) is 0 Å². The largest absolute Gasteiger partial charge is 0.376 e. The molecule has 102 valence electrons. The lowest BCUT2D eigenvalue weighted by Crippen LogP contribution is -2.43. The zero-order valence-corrected chi connectivity index (χ0v) is 11.9. The number of rotatable bonds is 3. The fraction of sp³-hybridized carbons (Fsp3) is 0.769. The lowest BCUT2D eigenvalue weighted by atomic mass is 9.84. The third-order valence-electron chi connectivity index (χ3n) is 4.16. The Bertz CT molecular complexity index is 377. The summed E-state index contributed by atoms with van der Waals surface area (Å²) in [6.07, 6.45) is 8.48.